The van der Waals surface area contributed by atoms with Gasteiger partial charge in [-0.15, -0.1) is 43.1 Å². The first-order chi connectivity index (χ1) is 58.4. The molecule has 0 radical (unpaired) electrons. The molecular weight excluding hydrogens is 1490 g/mol. The Morgan fingerprint density at radius 3 is 0.881 bits per heavy atom. The molecule has 0 amide bonds. The molecular formula is C101H61N15S2. The van der Waals surface area contributed by atoms with E-state index in [9.17, 15) is 0 Å². The fourth-order valence-corrected chi connectivity index (χ4v) is 17.2. The van der Waals surface area contributed by atoms with Crippen molar-refractivity contribution < 1.29 is 0 Å². The number of thiophene rings is 2. The first-order valence-corrected chi connectivity index (χ1v) is 40.1. The maximum atomic E-state index is 5.05. The highest BCUT2D eigenvalue weighted by atomic mass is 32.1. The largest absolute Gasteiger partial charge is 0.241 e. The van der Waals surface area contributed by atoms with Gasteiger partial charge >= 0.3 is 0 Å². The van der Waals surface area contributed by atoms with Gasteiger partial charge in [-0.05, 0) is 138 Å². The van der Waals surface area contributed by atoms with Gasteiger partial charge in [-0.1, -0.05) is 309 Å². The van der Waals surface area contributed by atoms with E-state index in [1.54, 1.807) is 22.7 Å². The summed E-state index contributed by atoms with van der Waals surface area (Å²) >= 11 is 3.15. The lowest BCUT2D eigenvalue weighted by atomic mass is 9.96. The third-order valence-electron chi connectivity index (χ3n) is 21.0. The molecule has 0 aliphatic heterocycles. The summed E-state index contributed by atoms with van der Waals surface area (Å²) in [6.07, 6.45) is 0. The van der Waals surface area contributed by atoms with Crippen molar-refractivity contribution >= 4 is 85.6 Å². The Morgan fingerprint density at radius 1 is 0.169 bits per heavy atom. The van der Waals surface area contributed by atoms with Crippen molar-refractivity contribution in [3.63, 3.8) is 0 Å². The van der Waals surface area contributed by atoms with Crippen LogP contribution < -0.4 is 0 Å². The summed E-state index contributed by atoms with van der Waals surface area (Å²) in [7, 11) is 0. The number of fused-ring (bicyclic) bond motifs is 8. The summed E-state index contributed by atoms with van der Waals surface area (Å²) in [4.78, 5) is 46.5. The molecule has 22 rings (SSSR count). The normalized spacial score (nSPS) is 11.4. The van der Waals surface area contributed by atoms with E-state index in [2.05, 4.69) is 286 Å². The van der Waals surface area contributed by atoms with Crippen LogP contribution in [0.5, 0.6) is 0 Å². The van der Waals surface area contributed by atoms with Gasteiger partial charge in [0, 0.05) is 55.3 Å². The molecule has 17 heteroatoms. The van der Waals surface area contributed by atoms with E-state index in [0.29, 0.717) is 40.5 Å². The van der Waals surface area contributed by atoms with Crippen molar-refractivity contribution in [3.8, 4) is 158 Å². The number of hydrogen-bond donors (Lipinski definition) is 0. The highest BCUT2D eigenvalue weighted by Gasteiger charge is 2.22. The molecule has 0 aliphatic carbocycles. The zero-order valence-corrected chi connectivity index (χ0v) is 64.4. The Labute approximate surface area is 684 Å². The zero-order chi connectivity index (χ0) is 78.2. The van der Waals surface area contributed by atoms with E-state index in [0.717, 1.165) is 180 Å². The van der Waals surface area contributed by atoms with Crippen LogP contribution in [0, 0.1) is 0 Å². The van der Waals surface area contributed by atoms with Crippen LogP contribution in [0.3, 0.4) is 0 Å². The van der Waals surface area contributed by atoms with Crippen LogP contribution in [0.1, 0.15) is 0 Å². The van der Waals surface area contributed by atoms with Crippen LogP contribution in [-0.2, 0) is 0 Å². The molecule has 0 N–H and O–H groups in total. The van der Waals surface area contributed by atoms with Crippen molar-refractivity contribution in [2.45, 2.75) is 0 Å². The molecule has 22 aromatic rings. The van der Waals surface area contributed by atoms with Crippen LogP contribution in [0.4, 0.5) is 0 Å². The molecule has 118 heavy (non-hydrogen) atoms. The molecule has 0 saturated carbocycles. The van der Waals surface area contributed by atoms with Crippen LogP contribution in [-0.4, -0.2) is 75.7 Å². The number of pyridine rings is 1. The highest BCUT2D eigenvalue weighted by Crippen LogP contribution is 2.42. The van der Waals surface area contributed by atoms with Gasteiger partial charge in [-0.25, -0.2) is 44.9 Å². The second-order valence-electron chi connectivity index (χ2n) is 28.5. The number of aromatic nitrogens is 15. The standard InChI is InChI=1S/C51H31N7S.C50H30N8S/c1-3-12-32(13-4-1)33-24-26-35(27-25-33)49-53-48(34-14-5-2-6-15-34)54-50(55-49)42-22-11-20-39(30-42)37-18-9-17-36(28-37)38-19-10-21-41(29-38)45-47-46(57-58-56-45)43-31-40-16-7-8-23-44(40)52-51(43)59-47;1-3-12-31(13-4-1)32-24-26-34(27-25-32)48-53-47(33-14-5-2-6-15-33)54-49(55-48)40-21-11-19-38(30-40)36-17-9-16-35(28-36)37-18-10-20-39(29-37)43-46-44(57-58-56-43)45-50(59-46)52-42-23-8-7-22-41(42)51-45/h1-31H;1-30H. The number of para-hydroxylation sites is 3. The SMILES string of the molecule is c1ccc(-c2ccc(-c3nc(-c4ccccc4)nc(-c4cccc(-c5cccc(-c6cccc(-c7nnnc8c7sc7nc9ccccc9cc78)c6)c5)c4)n3)cc2)cc1.c1ccc(-c2ccc(-c3nc(-c4ccccc4)nc(-c4cccc(-c5cccc(-c6cccc(-c7nnnc8c7sc7nc9ccccc9nc78)c6)c5)c4)n3)cc2)cc1. The van der Waals surface area contributed by atoms with Crippen LogP contribution in [0.15, 0.2) is 370 Å². The average molecular weight is 1550 g/mol. The van der Waals surface area contributed by atoms with Crippen molar-refractivity contribution in [2.75, 3.05) is 0 Å². The van der Waals surface area contributed by atoms with E-state index in [1.165, 1.54) is 0 Å². The van der Waals surface area contributed by atoms with Crippen LogP contribution in [0.2, 0.25) is 0 Å². The lowest BCUT2D eigenvalue weighted by Gasteiger charge is -2.11. The topological polar surface area (TPSA) is 193 Å². The Morgan fingerprint density at radius 2 is 0.449 bits per heavy atom. The third-order valence-corrected chi connectivity index (χ3v) is 23.1. The van der Waals surface area contributed by atoms with E-state index in [1.807, 2.05) is 115 Å². The fourth-order valence-electron chi connectivity index (χ4n) is 15.0. The predicted octanol–water partition coefficient (Wildman–Crippen LogP) is 24.7. The van der Waals surface area contributed by atoms with Gasteiger partial charge in [0.1, 0.15) is 37.6 Å². The van der Waals surface area contributed by atoms with Crippen molar-refractivity contribution in [2.24, 2.45) is 0 Å². The molecule has 0 saturated heterocycles. The maximum Gasteiger partial charge on any atom is 0.164 e. The smallest absolute Gasteiger partial charge is 0.164 e. The summed E-state index contributed by atoms with van der Waals surface area (Å²) in [5.41, 5.74) is 27.1. The van der Waals surface area contributed by atoms with Gasteiger partial charge in [0.15, 0.2) is 34.9 Å². The molecule has 15 nitrogen and oxygen atoms in total. The zero-order valence-electron chi connectivity index (χ0n) is 62.7. The number of rotatable bonds is 14. The summed E-state index contributed by atoms with van der Waals surface area (Å²) < 4.78 is 1.88. The Kier molecular flexibility index (Phi) is 18.2. The molecule has 0 aliphatic rings. The quantitative estimate of drug-likeness (QED) is 0.0997. The maximum absolute atomic E-state index is 5.05. The molecule has 552 valence electrons. The highest BCUT2D eigenvalue weighted by molar-refractivity contribution is 7.26. The summed E-state index contributed by atoms with van der Waals surface area (Å²) in [6.45, 7) is 0. The fraction of sp³-hybridized carbons (Fsp3) is 0. The lowest BCUT2D eigenvalue weighted by Crippen LogP contribution is -2.00. The summed E-state index contributed by atoms with van der Waals surface area (Å²) in [6, 6.07) is 127. The Balaban J connectivity index is 0.000000147. The summed E-state index contributed by atoms with van der Waals surface area (Å²) in [5.74, 6) is 3.71. The monoisotopic (exact) mass is 1550 g/mol. The van der Waals surface area contributed by atoms with Crippen LogP contribution >= 0.6 is 22.7 Å². The van der Waals surface area contributed by atoms with Crippen molar-refractivity contribution in [1.29, 1.82) is 0 Å². The minimum absolute atomic E-state index is 0.608. The molecule has 8 heterocycles. The molecule has 0 atom stereocenters. The van der Waals surface area contributed by atoms with E-state index in [4.69, 9.17) is 44.9 Å². The summed E-state index contributed by atoms with van der Waals surface area (Å²) in [5, 5.41) is 28.4. The van der Waals surface area contributed by atoms with E-state index < -0.39 is 0 Å². The van der Waals surface area contributed by atoms with Gasteiger partial charge in [-0.2, -0.15) is 0 Å². The van der Waals surface area contributed by atoms with Gasteiger partial charge < -0.3 is 0 Å². The molecule has 0 spiro atoms. The molecule has 0 fully saturated rings. The number of benzene rings is 14. The molecule has 14 aromatic carbocycles. The second-order valence-corrected chi connectivity index (χ2v) is 30.4. The second kappa shape index (κ2) is 30.7. The van der Waals surface area contributed by atoms with Crippen molar-refractivity contribution in [1.82, 2.24) is 75.7 Å². The van der Waals surface area contributed by atoms with E-state index >= 15 is 0 Å². The van der Waals surface area contributed by atoms with Gasteiger partial charge in [0.05, 0.1) is 25.9 Å². The van der Waals surface area contributed by atoms with Gasteiger partial charge in [0.2, 0.25) is 0 Å². The minimum atomic E-state index is 0.608. The number of hydrogen-bond acceptors (Lipinski definition) is 17. The lowest BCUT2D eigenvalue weighted by molar-refractivity contribution is 0.904. The predicted molar refractivity (Wildman–Crippen MR) is 477 cm³/mol. The minimum Gasteiger partial charge on any atom is -0.241 e. The first-order valence-electron chi connectivity index (χ1n) is 38.5. The van der Waals surface area contributed by atoms with Crippen molar-refractivity contribution in [3.05, 3.63) is 370 Å². The molecule has 0 unspecified atom stereocenters. The first kappa shape index (κ1) is 70.2. The van der Waals surface area contributed by atoms with Gasteiger partial charge in [0.25, 0.3) is 0 Å². The average Bonchev–Trinajstić information content (AvgIpc) is 1.60. The Hall–Kier alpha value is -15.7. The number of nitrogens with zero attached hydrogens (tertiary/aromatic N) is 15. The van der Waals surface area contributed by atoms with Crippen LogP contribution in [0.25, 0.3) is 221 Å². The van der Waals surface area contributed by atoms with Gasteiger partial charge in [-0.3, -0.25) is 0 Å². The molecule has 0 bridgehead atoms. The Bertz CT molecular complexity index is 7110. The van der Waals surface area contributed by atoms with E-state index in [-0.39, 0.29) is 0 Å². The molecule has 8 aromatic heterocycles. The third kappa shape index (κ3) is 13.9.